The zero-order valence-electron chi connectivity index (χ0n) is 10.5. The number of nitrogens with zero attached hydrogens (tertiary/aromatic N) is 2. The summed E-state index contributed by atoms with van der Waals surface area (Å²) in [6, 6.07) is 14.0. The van der Waals surface area contributed by atoms with E-state index in [-0.39, 0.29) is 6.04 Å². The summed E-state index contributed by atoms with van der Waals surface area (Å²) in [5.41, 5.74) is 8.46. The Bertz CT molecular complexity index is 674. The van der Waals surface area contributed by atoms with Crippen LogP contribution in [0.5, 0.6) is 0 Å². The highest BCUT2D eigenvalue weighted by Crippen LogP contribution is 2.24. The van der Waals surface area contributed by atoms with Crippen molar-refractivity contribution in [3.63, 3.8) is 0 Å². The number of benzene rings is 1. The van der Waals surface area contributed by atoms with Crippen LogP contribution in [0.2, 0.25) is 0 Å². The number of pyridine rings is 2. The Morgan fingerprint density at radius 3 is 2.79 bits per heavy atom. The summed E-state index contributed by atoms with van der Waals surface area (Å²) in [6.45, 7) is 0. The first-order valence-electron chi connectivity index (χ1n) is 6.33. The van der Waals surface area contributed by atoms with Crippen molar-refractivity contribution in [2.75, 3.05) is 0 Å². The molecule has 0 radical (unpaired) electrons. The van der Waals surface area contributed by atoms with Gasteiger partial charge < -0.3 is 5.73 Å². The molecule has 0 spiro atoms. The lowest BCUT2D eigenvalue weighted by Crippen LogP contribution is -2.14. The van der Waals surface area contributed by atoms with Crippen molar-refractivity contribution in [2.45, 2.75) is 12.5 Å². The minimum Gasteiger partial charge on any atom is -0.324 e. The van der Waals surface area contributed by atoms with Crippen LogP contribution < -0.4 is 5.73 Å². The van der Waals surface area contributed by atoms with Crippen LogP contribution in [0.3, 0.4) is 0 Å². The summed E-state index contributed by atoms with van der Waals surface area (Å²) >= 11 is 0. The third-order valence-corrected chi connectivity index (χ3v) is 3.27. The molecule has 0 amide bonds. The maximum absolute atomic E-state index is 6.33. The molecule has 0 aliphatic heterocycles. The first-order chi connectivity index (χ1) is 9.34. The predicted molar refractivity (Wildman–Crippen MR) is 76.6 cm³/mol. The van der Waals surface area contributed by atoms with Crippen molar-refractivity contribution in [3.8, 4) is 0 Å². The Balaban J connectivity index is 1.96. The smallest absolute Gasteiger partial charge is 0.0422 e. The van der Waals surface area contributed by atoms with E-state index >= 15 is 0 Å². The molecule has 3 aromatic rings. The van der Waals surface area contributed by atoms with Crippen molar-refractivity contribution in [1.29, 1.82) is 0 Å². The van der Waals surface area contributed by atoms with Gasteiger partial charge in [-0.3, -0.25) is 9.97 Å². The fraction of sp³-hybridized carbons (Fsp3) is 0.125. The molecule has 0 aliphatic carbocycles. The summed E-state index contributed by atoms with van der Waals surface area (Å²) in [5, 5.41) is 2.29. The summed E-state index contributed by atoms with van der Waals surface area (Å²) in [4.78, 5) is 8.52. The number of aromatic nitrogens is 2. The highest BCUT2D eigenvalue weighted by atomic mass is 14.7. The van der Waals surface area contributed by atoms with Crippen LogP contribution in [-0.4, -0.2) is 9.97 Å². The van der Waals surface area contributed by atoms with Gasteiger partial charge in [0.15, 0.2) is 0 Å². The van der Waals surface area contributed by atoms with Crippen LogP contribution in [0.15, 0.2) is 61.1 Å². The van der Waals surface area contributed by atoms with Gasteiger partial charge in [0.05, 0.1) is 0 Å². The molecule has 3 rings (SSSR count). The second kappa shape index (κ2) is 5.16. The molecular formula is C16H15N3. The molecule has 0 bridgehead atoms. The molecule has 94 valence electrons. The molecule has 1 aromatic carbocycles. The lowest BCUT2D eigenvalue weighted by atomic mass is 9.97. The van der Waals surface area contributed by atoms with Crippen LogP contribution in [0.4, 0.5) is 0 Å². The van der Waals surface area contributed by atoms with Crippen molar-refractivity contribution in [2.24, 2.45) is 5.73 Å². The van der Waals surface area contributed by atoms with Crippen LogP contribution in [0.25, 0.3) is 10.8 Å². The van der Waals surface area contributed by atoms with Crippen LogP contribution in [-0.2, 0) is 6.42 Å². The van der Waals surface area contributed by atoms with Gasteiger partial charge in [-0.15, -0.1) is 0 Å². The lowest BCUT2D eigenvalue weighted by molar-refractivity contribution is 0.712. The van der Waals surface area contributed by atoms with E-state index in [0.29, 0.717) is 0 Å². The minimum atomic E-state index is -0.0669. The van der Waals surface area contributed by atoms with Crippen molar-refractivity contribution < 1.29 is 0 Å². The largest absolute Gasteiger partial charge is 0.324 e. The van der Waals surface area contributed by atoms with Crippen LogP contribution in [0, 0.1) is 0 Å². The third kappa shape index (κ3) is 2.46. The van der Waals surface area contributed by atoms with Gasteiger partial charge in [0.2, 0.25) is 0 Å². The molecule has 1 unspecified atom stereocenters. The van der Waals surface area contributed by atoms with E-state index in [2.05, 4.69) is 22.1 Å². The van der Waals surface area contributed by atoms with Crippen LogP contribution >= 0.6 is 0 Å². The molecule has 0 aliphatic rings. The van der Waals surface area contributed by atoms with E-state index in [1.807, 2.05) is 36.5 Å². The van der Waals surface area contributed by atoms with Gasteiger partial charge in [-0.25, -0.2) is 0 Å². The molecule has 0 fully saturated rings. The predicted octanol–water partition coefficient (Wildman–Crippen LogP) is 2.87. The summed E-state index contributed by atoms with van der Waals surface area (Å²) in [7, 11) is 0. The van der Waals surface area contributed by atoms with E-state index in [4.69, 9.17) is 5.73 Å². The summed E-state index contributed by atoms with van der Waals surface area (Å²) in [6.07, 6.45) is 6.21. The fourth-order valence-corrected chi connectivity index (χ4v) is 2.31. The summed E-state index contributed by atoms with van der Waals surface area (Å²) in [5.74, 6) is 0. The number of hydrogen-bond donors (Lipinski definition) is 1. The van der Waals surface area contributed by atoms with Crippen molar-refractivity contribution in [1.82, 2.24) is 9.97 Å². The topological polar surface area (TPSA) is 51.8 Å². The van der Waals surface area contributed by atoms with E-state index in [9.17, 15) is 0 Å². The minimum absolute atomic E-state index is 0.0669. The monoisotopic (exact) mass is 249 g/mol. The molecule has 3 heteroatoms. The lowest BCUT2D eigenvalue weighted by Gasteiger charge is -2.14. The van der Waals surface area contributed by atoms with E-state index in [0.717, 1.165) is 23.1 Å². The molecule has 2 heterocycles. The average molecular weight is 249 g/mol. The van der Waals surface area contributed by atoms with Gasteiger partial charge in [0.25, 0.3) is 0 Å². The van der Waals surface area contributed by atoms with Crippen molar-refractivity contribution in [3.05, 3.63) is 72.3 Å². The molecule has 1 atom stereocenters. The number of nitrogens with two attached hydrogens (primary N) is 1. The van der Waals surface area contributed by atoms with Gasteiger partial charge in [0, 0.05) is 42.1 Å². The maximum Gasteiger partial charge on any atom is 0.0422 e. The summed E-state index contributed by atoms with van der Waals surface area (Å²) < 4.78 is 0. The molecule has 3 nitrogen and oxygen atoms in total. The second-order valence-corrected chi connectivity index (χ2v) is 4.58. The molecule has 19 heavy (non-hydrogen) atoms. The van der Waals surface area contributed by atoms with Gasteiger partial charge in [-0.05, 0) is 29.1 Å². The number of fused-ring (bicyclic) bond motifs is 1. The molecule has 2 N–H and O–H groups in total. The standard InChI is InChI=1S/C16H15N3/c17-16(10-13-5-1-2-8-19-13)14-6-3-4-12-7-9-18-11-15(12)14/h1-9,11,16H,10,17H2. The van der Waals surface area contributed by atoms with Gasteiger partial charge >= 0.3 is 0 Å². The average Bonchev–Trinajstić information content (AvgIpc) is 2.47. The van der Waals surface area contributed by atoms with Gasteiger partial charge in [-0.1, -0.05) is 24.3 Å². The SMILES string of the molecule is NC(Cc1ccccn1)c1cccc2ccncc12. The van der Waals surface area contributed by atoms with Gasteiger partial charge in [-0.2, -0.15) is 0 Å². The first kappa shape index (κ1) is 11.8. The van der Waals surface area contributed by atoms with E-state index in [1.165, 1.54) is 5.39 Å². The Morgan fingerprint density at radius 2 is 1.95 bits per heavy atom. The first-order valence-corrected chi connectivity index (χ1v) is 6.33. The van der Waals surface area contributed by atoms with Gasteiger partial charge in [0.1, 0.15) is 0 Å². The molecule has 0 saturated carbocycles. The molecule has 0 saturated heterocycles. The highest BCUT2D eigenvalue weighted by molar-refractivity contribution is 5.85. The van der Waals surface area contributed by atoms with E-state index in [1.54, 1.807) is 12.4 Å². The third-order valence-electron chi connectivity index (χ3n) is 3.27. The zero-order valence-corrected chi connectivity index (χ0v) is 10.5. The quantitative estimate of drug-likeness (QED) is 0.776. The molecule has 2 aromatic heterocycles. The Labute approximate surface area is 112 Å². The van der Waals surface area contributed by atoms with Crippen molar-refractivity contribution >= 4 is 10.8 Å². The van der Waals surface area contributed by atoms with Crippen LogP contribution in [0.1, 0.15) is 17.3 Å². The Hall–Kier alpha value is -2.26. The second-order valence-electron chi connectivity index (χ2n) is 4.58. The maximum atomic E-state index is 6.33. The Kier molecular flexibility index (Phi) is 3.21. The Morgan fingerprint density at radius 1 is 1.00 bits per heavy atom. The normalized spacial score (nSPS) is 12.5. The van der Waals surface area contributed by atoms with E-state index < -0.39 is 0 Å². The number of rotatable bonds is 3. The zero-order chi connectivity index (χ0) is 13.1. The highest BCUT2D eigenvalue weighted by Gasteiger charge is 2.11. The fourth-order valence-electron chi connectivity index (χ4n) is 2.31. The number of hydrogen-bond acceptors (Lipinski definition) is 3. The molecular weight excluding hydrogens is 234 g/mol.